The summed E-state index contributed by atoms with van der Waals surface area (Å²) in [5, 5.41) is 15.3. The molecule has 1 saturated heterocycles. The maximum absolute atomic E-state index is 12.9. The number of carbonyl (C=O) groups is 2. The van der Waals surface area contributed by atoms with E-state index in [1.165, 1.54) is 39.2 Å². The van der Waals surface area contributed by atoms with E-state index in [1.807, 2.05) is 36.4 Å². The van der Waals surface area contributed by atoms with Crippen LogP contribution < -0.4 is 19.5 Å². The quantitative estimate of drug-likeness (QED) is 0.103. The van der Waals surface area contributed by atoms with Gasteiger partial charge in [-0.15, -0.1) is 0 Å². The summed E-state index contributed by atoms with van der Waals surface area (Å²) >= 11 is 0. The number of methoxy groups -OCH3 is 3. The zero-order valence-electron chi connectivity index (χ0n) is 27.2. The van der Waals surface area contributed by atoms with Crippen LogP contribution in [0.2, 0.25) is 0 Å². The Morgan fingerprint density at radius 3 is 2.07 bits per heavy atom. The van der Waals surface area contributed by atoms with Gasteiger partial charge in [-0.1, -0.05) is 76.6 Å². The number of unbranched alkanes of at least 4 members (excludes halogenated alkanes) is 6. The molecule has 0 spiro atoms. The molecule has 1 heterocycles. The summed E-state index contributed by atoms with van der Waals surface area (Å²) in [6, 6.07) is 11.5. The minimum atomic E-state index is -0.795. The number of hydrogen-bond acceptors (Lipinski definition) is 7. The maximum Gasteiger partial charge on any atom is 0.331 e. The Kier molecular flexibility index (Phi) is 16.1. The number of carbonyl (C=O) groups excluding carboxylic acids is 2. The molecule has 0 radical (unpaired) electrons. The third-order valence-electron chi connectivity index (χ3n) is 7.94. The van der Waals surface area contributed by atoms with Crippen molar-refractivity contribution in [3.05, 3.63) is 47.2 Å². The van der Waals surface area contributed by atoms with Gasteiger partial charge in [-0.3, -0.25) is 14.3 Å². The molecule has 9 heteroatoms. The number of hydrogen-bond donors (Lipinski definition) is 1. The summed E-state index contributed by atoms with van der Waals surface area (Å²) in [4.78, 5) is 24.9. The molecule has 240 valence electrons. The molecule has 0 bridgehead atoms. The van der Waals surface area contributed by atoms with Crippen LogP contribution in [0, 0.1) is 5.21 Å². The first kappa shape index (κ1) is 36.1. The molecular weight excluding hydrogens is 546 g/mol. The number of ether oxygens (including phenoxy) is 3. The van der Waals surface area contributed by atoms with E-state index < -0.39 is 4.65 Å². The van der Waals surface area contributed by atoms with Crippen molar-refractivity contribution < 1.29 is 28.4 Å². The van der Waals surface area contributed by atoms with Crippen molar-refractivity contribution in [3.63, 3.8) is 0 Å². The number of nitrogens with zero attached hydrogens (tertiary/aromatic N) is 2. The number of nitrogens with one attached hydrogen (secondary N) is 1. The van der Waals surface area contributed by atoms with Crippen molar-refractivity contribution in [2.24, 2.45) is 0 Å². The van der Waals surface area contributed by atoms with Gasteiger partial charge in [0.25, 0.3) is 0 Å². The molecule has 43 heavy (non-hydrogen) atoms. The van der Waals surface area contributed by atoms with Crippen molar-refractivity contribution in [1.29, 1.82) is 0 Å². The van der Waals surface area contributed by atoms with Crippen LogP contribution in [0.3, 0.4) is 0 Å². The minimum Gasteiger partial charge on any atom is -0.625 e. The smallest absolute Gasteiger partial charge is 0.331 e. The lowest BCUT2D eigenvalue weighted by atomic mass is 9.97. The molecule has 0 aromatic heterocycles. The fourth-order valence-electron chi connectivity index (χ4n) is 5.27. The molecular formula is C34H53N3O6. The molecule has 2 atom stereocenters. The van der Waals surface area contributed by atoms with E-state index in [0.717, 1.165) is 55.5 Å². The van der Waals surface area contributed by atoms with E-state index in [-0.39, 0.29) is 11.9 Å². The van der Waals surface area contributed by atoms with Crippen LogP contribution in [0.5, 0.6) is 17.2 Å². The summed E-state index contributed by atoms with van der Waals surface area (Å²) in [6.45, 7) is 7.01. The van der Waals surface area contributed by atoms with Gasteiger partial charge >= 0.3 is 5.91 Å². The van der Waals surface area contributed by atoms with Crippen LogP contribution in [-0.4, -0.2) is 82.5 Å². The third kappa shape index (κ3) is 11.1. The monoisotopic (exact) mass is 599 g/mol. The molecule has 3 rings (SSSR count). The Balaban J connectivity index is 0.000000499. The molecule has 1 N–H and O–H groups in total. The third-order valence-corrected chi connectivity index (χ3v) is 7.94. The molecule has 2 unspecified atom stereocenters. The second-order valence-electron chi connectivity index (χ2n) is 11.2. The normalized spacial score (nSPS) is 18.4. The van der Waals surface area contributed by atoms with Gasteiger partial charge in [-0.05, 0) is 48.2 Å². The Bertz CT molecular complexity index is 1080. The van der Waals surface area contributed by atoms with E-state index in [2.05, 4.69) is 24.1 Å². The highest BCUT2D eigenvalue weighted by Crippen LogP contribution is 2.41. The van der Waals surface area contributed by atoms with Gasteiger partial charge < -0.3 is 24.7 Å². The number of amides is 2. The summed E-state index contributed by atoms with van der Waals surface area (Å²) in [7, 11) is 6.24. The van der Waals surface area contributed by atoms with Crippen LogP contribution in [0.15, 0.2) is 36.4 Å². The number of likely N-dealkylation sites (N-methyl/N-ethyl adjacent to an activating group) is 1. The van der Waals surface area contributed by atoms with Crippen molar-refractivity contribution in [2.75, 3.05) is 54.6 Å². The van der Waals surface area contributed by atoms with E-state index in [1.54, 1.807) is 21.3 Å². The van der Waals surface area contributed by atoms with Crippen molar-refractivity contribution in [2.45, 2.75) is 77.7 Å². The molecule has 1 aliphatic rings. The lowest BCUT2D eigenvalue weighted by molar-refractivity contribution is -0.788. The van der Waals surface area contributed by atoms with Gasteiger partial charge in [0, 0.05) is 19.5 Å². The average Bonchev–Trinajstić information content (AvgIpc) is 3.02. The Hall–Kier alpha value is -3.14. The molecule has 2 aromatic carbocycles. The predicted molar refractivity (Wildman–Crippen MR) is 172 cm³/mol. The number of piperazine rings is 1. The molecule has 0 saturated carbocycles. The predicted octanol–water partition coefficient (Wildman–Crippen LogP) is 5.97. The fraction of sp³-hybridized carbons (Fsp3) is 0.588. The molecule has 0 aliphatic carbocycles. The van der Waals surface area contributed by atoms with Gasteiger partial charge in [0.15, 0.2) is 11.5 Å². The zero-order chi connectivity index (χ0) is 31.7. The Labute approximate surface area is 258 Å². The standard InChI is InChI=1S/C25H34N2O5.C9H19NO/c1-6-7-12-26-13-14-27(2,29)25(28)21(26)15-18-8-10-19(11-9-18)20-16-22(30-3)24(32-5)23(17-20)31-4;1-2-3-4-5-6-7-8-10-9-11/h8-11,16-17,21H,6-7,12-15H2,1-5H3;9H,2-8H2,1H3,(H,10,11). The average molecular weight is 600 g/mol. The van der Waals surface area contributed by atoms with Crippen molar-refractivity contribution in [1.82, 2.24) is 10.2 Å². The summed E-state index contributed by atoms with van der Waals surface area (Å²) in [5.74, 6) is 1.49. The van der Waals surface area contributed by atoms with E-state index >= 15 is 0 Å². The van der Waals surface area contributed by atoms with Crippen LogP contribution in [0.25, 0.3) is 11.1 Å². The van der Waals surface area contributed by atoms with Crippen LogP contribution in [0.4, 0.5) is 0 Å². The van der Waals surface area contributed by atoms with Gasteiger partial charge in [-0.25, -0.2) is 4.79 Å². The van der Waals surface area contributed by atoms with Crippen molar-refractivity contribution in [3.8, 4) is 28.4 Å². The lowest BCUT2D eigenvalue weighted by Gasteiger charge is -2.46. The summed E-state index contributed by atoms with van der Waals surface area (Å²) in [5.41, 5.74) is 2.96. The Morgan fingerprint density at radius 2 is 1.51 bits per heavy atom. The van der Waals surface area contributed by atoms with Crippen LogP contribution in [-0.2, 0) is 16.0 Å². The Morgan fingerprint density at radius 1 is 0.907 bits per heavy atom. The van der Waals surface area contributed by atoms with Crippen LogP contribution in [0.1, 0.15) is 70.8 Å². The van der Waals surface area contributed by atoms with E-state index in [9.17, 15) is 14.8 Å². The second kappa shape index (κ2) is 19.2. The highest BCUT2D eigenvalue weighted by Gasteiger charge is 2.40. The minimum absolute atomic E-state index is 0.249. The number of benzene rings is 2. The van der Waals surface area contributed by atoms with Crippen molar-refractivity contribution >= 4 is 12.3 Å². The lowest BCUT2D eigenvalue weighted by Crippen LogP contribution is -2.63. The molecule has 2 amide bonds. The maximum atomic E-state index is 12.9. The second-order valence-corrected chi connectivity index (χ2v) is 11.2. The van der Waals surface area contributed by atoms with Gasteiger partial charge in [0.1, 0.15) is 6.04 Å². The highest BCUT2D eigenvalue weighted by molar-refractivity contribution is 5.77. The first-order valence-electron chi connectivity index (χ1n) is 15.7. The van der Waals surface area contributed by atoms with Gasteiger partial charge in [-0.2, -0.15) is 0 Å². The first-order valence-corrected chi connectivity index (χ1v) is 15.7. The number of hydroxylamine groups is 3. The van der Waals surface area contributed by atoms with Crippen LogP contribution >= 0.6 is 0 Å². The summed E-state index contributed by atoms with van der Waals surface area (Å²) in [6.07, 6.45) is 11.1. The highest BCUT2D eigenvalue weighted by atomic mass is 16.6. The number of rotatable bonds is 17. The van der Waals surface area contributed by atoms with E-state index in [4.69, 9.17) is 14.2 Å². The van der Waals surface area contributed by atoms with E-state index in [0.29, 0.717) is 36.8 Å². The van der Waals surface area contributed by atoms with Gasteiger partial charge in [0.2, 0.25) is 12.2 Å². The molecule has 1 fully saturated rings. The molecule has 1 aliphatic heterocycles. The summed E-state index contributed by atoms with van der Waals surface area (Å²) < 4.78 is 15.5. The zero-order valence-corrected chi connectivity index (χ0v) is 27.2. The van der Waals surface area contributed by atoms with Gasteiger partial charge in [0.05, 0.1) is 34.9 Å². The SMILES string of the molecule is CCCCCCCCNC=O.CCCCN1CC[N+](C)([O-])C(=O)C1Cc1ccc(-c2cc(OC)c(OC)c(OC)c2)cc1. The first-order chi connectivity index (χ1) is 20.8. The molecule has 9 nitrogen and oxygen atoms in total. The largest absolute Gasteiger partial charge is 0.625 e. The number of quaternary nitrogens is 1. The topological polar surface area (TPSA) is 100 Å². The fourth-order valence-corrected chi connectivity index (χ4v) is 5.27. The molecule has 2 aromatic rings.